The lowest BCUT2D eigenvalue weighted by Crippen LogP contribution is -2.16. The third-order valence-electron chi connectivity index (χ3n) is 6.65. The van der Waals surface area contributed by atoms with Gasteiger partial charge in [-0.3, -0.25) is 4.79 Å². The molecule has 3 aromatic carbocycles. The van der Waals surface area contributed by atoms with Crippen LogP contribution in [0.1, 0.15) is 48.3 Å². The summed E-state index contributed by atoms with van der Waals surface area (Å²) in [4.78, 5) is 10.9. The summed E-state index contributed by atoms with van der Waals surface area (Å²) in [6.07, 6.45) is 4.86. The number of hydrogen-bond acceptors (Lipinski definition) is 1. The standard InChI is InChI=1S/C26H27Cl2O2P/c27-23-12-8-16(19-3-1-2-4-21(19)23)7-10-22-20(11-13-24(22)28)18-6-5-17(25(31)15-18)9-14-26(29)30/h1-6,8,12,15,20,22,24H,7,9-11,13-14,31H2,(H,29,30)/t20-,22-,24?/m1/s1. The monoisotopic (exact) mass is 472 g/mol. The van der Waals surface area contributed by atoms with Crippen LogP contribution in [0.3, 0.4) is 0 Å². The number of alkyl halides is 1. The van der Waals surface area contributed by atoms with Crippen LogP contribution in [0.15, 0.2) is 54.6 Å². The summed E-state index contributed by atoms with van der Waals surface area (Å²) in [5.41, 5.74) is 3.73. The van der Waals surface area contributed by atoms with E-state index in [2.05, 4.69) is 51.7 Å². The first-order valence-electron chi connectivity index (χ1n) is 10.8. The largest absolute Gasteiger partial charge is 0.481 e. The van der Waals surface area contributed by atoms with Crippen molar-refractivity contribution in [3.63, 3.8) is 0 Å². The first kappa shape index (κ1) is 22.6. The summed E-state index contributed by atoms with van der Waals surface area (Å²) in [5, 5.41) is 13.4. The average Bonchev–Trinajstić information content (AvgIpc) is 3.13. The van der Waals surface area contributed by atoms with Crippen molar-refractivity contribution in [2.75, 3.05) is 0 Å². The number of aryl methyl sites for hydroxylation is 2. The van der Waals surface area contributed by atoms with E-state index >= 15 is 0 Å². The van der Waals surface area contributed by atoms with E-state index in [9.17, 15) is 4.79 Å². The summed E-state index contributed by atoms with van der Waals surface area (Å²) in [6.45, 7) is 0. The average molecular weight is 473 g/mol. The smallest absolute Gasteiger partial charge is 0.303 e. The van der Waals surface area contributed by atoms with Gasteiger partial charge < -0.3 is 5.11 Å². The molecule has 0 saturated heterocycles. The van der Waals surface area contributed by atoms with Crippen molar-refractivity contribution in [3.8, 4) is 0 Å². The molecule has 0 amide bonds. The van der Waals surface area contributed by atoms with E-state index in [0.717, 1.165) is 47.0 Å². The predicted molar refractivity (Wildman–Crippen MR) is 134 cm³/mol. The number of carboxylic acids is 1. The molecule has 0 aliphatic heterocycles. The van der Waals surface area contributed by atoms with Crippen molar-refractivity contribution in [2.45, 2.75) is 49.8 Å². The Bertz CT molecular complexity index is 1100. The van der Waals surface area contributed by atoms with Gasteiger partial charge in [-0.25, -0.2) is 0 Å². The topological polar surface area (TPSA) is 37.3 Å². The second-order valence-electron chi connectivity index (χ2n) is 8.51. The highest BCUT2D eigenvalue weighted by Gasteiger charge is 2.35. The molecule has 1 fully saturated rings. The van der Waals surface area contributed by atoms with Crippen molar-refractivity contribution < 1.29 is 9.90 Å². The van der Waals surface area contributed by atoms with Crippen molar-refractivity contribution in [1.82, 2.24) is 0 Å². The molecule has 1 saturated carbocycles. The third kappa shape index (κ3) is 5.08. The number of carboxylic acid groups (broad SMARTS) is 1. The van der Waals surface area contributed by atoms with Gasteiger partial charge in [0.1, 0.15) is 0 Å². The maximum absolute atomic E-state index is 10.9. The Morgan fingerprint density at radius 1 is 1.00 bits per heavy atom. The van der Waals surface area contributed by atoms with E-state index in [1.165, 1.54) is 16.5 Å². The zero-order valence-corrected chi connectivity index (χ0v) is 20.0. The van der Waals surface area contributed by atoms with Crippen molar-refractivity contribution >= 4 is 54.5 Å². The highest BCUT2D eigenvalue weighted by molar-refractivity contribution is 7.27. The van der Waals surface area contributed by atoms with Crippen LogP contribution in [0, 0.1) is 5.92 Å². The second-order valence-corrected chi connectivity index (χ2v) is 10.1. The molecular formula is C26H27Cl2O2P. The predicted octanol–water partition coefficient (Wildman–Crippen LogP) is 6.74. The number of aliphatic carboxylic acids is 1. The number of fused-ring (bicyclic) bond motifs is 1. The van der Waals surface area contributed by atoms with E-state index in [-0.39, 0.29) is 11.8 Å². The Kier molecular flexibility index (Phi) is 7.22. The van der Waals surface area contributed by atoms with Gasteiger partial charge in [-0.05, 0) is 77.4 Å². The molecule has 2 nitrogen and oxygen atoms in total. The van der Waals surface area contributed by atoms with Gasteiger partial charge in [-0.2, -0.15) is 0 Å². The number of halogens is 2. The van der Waals surface area contributed by atoms with Crippen molar-refractivity contribution in [1.29, 1.82) is 0 Å². The first-order valence-corrected chi connectivity index (χ1v) is 12.2. The lowest BCUT2D eigenvalue weighted by Gasteiger charge is -2.23. The zero-order chi connectivity index (χ0) is 22.0. The maximum Gasteiger partial charge on any atom is 0.303 e. The molecule has 3 aromatic rings. The summed E-state index contributed by atoms with van der Waals surface area (Å²) in [7, 11) is 2.78. The van der Waals surface area contributed by atoms with E-state index in [1.807, 2.05) is 12.1 Å². The van der Waals surface area contributed by atoms with Crippen LogP contribution < -0.4 is 5.30 Å². The Morgan fingerprint density at radius 2 is 1.74 bits per heavy atom. The second kappa shape index (κ2) is 9.90. The molecule has 162 valence electrons. The molecule has 4 rings (SSSR count). The highest BCUT2D eigenvalue weighted by atomic mass is 35.5. The van der Waals surface area contributed by atoms with Crippen LogP contribution >= 0.6 is 32.4 Å². The normalized spacial score (nSPS) is 20.9. The Balaban J connectivity index is 1.52. The summed E-state index contributed by atoms with van der Waals surface area (Å²) in [5.74, 6) is 0.100. The maximum atomic E-state index is 10.9. The lowest BCUT2D eigenvalue weighted by molar-refractivity contribution is -0.136. The molecule has 0 radical (unpaired) electrons. The summed E-state index contributed by atoms with van der Waals surface area (Å²) >= 11 is 13.2. The molecule has 1 aliphatic carbocycles. The van der Waals surface area contributed by atoms with Crippen LogP contribution in [-0.2, 0) is 17.6 Å². The molecule has 0 spiro atoms. The molecule has 1 N–H and O–H groups in total. The zero-order valence-electron chi connectivity index (χ0n) is 17.4. The van der Waals surface area contributed by atoms with Gasteiger partial charge in [0.05, 0.1) is 0 Å². The number of carbonyl (C=O) groups is 1. The van der Waals surface area contributed by atoms with E-state index in [4.69, 9.17) is 28.3 Å². The number of rotatable bonds is 7. The molecule has 0 aromatic heterocycles. The molecular weight excluding hydrogens is 446 g/mol. The third-order valence-corrected chi connectivity index (χ3v) is 8.06. The fourth-order valence-corrected chi connectivity index (χ4v) is 6.08. The number of hydrogen-bond donors (Lipinski definition) is 1. The summed E-state index contributed by atoms with van der Waals surface area (Å²) < 4.78 is 0. The van der Waals surface area contributed by atoms with Crippen molar-refractivity contribution in [3.05, 3.63) is 76.3 Å². The van der Waals surface area contributed by atoms with Crippen molar-refractivity contribution in [2.24, 2.45) is 5.92 Å². The van der Waals surface area contributed by atoms with E-state index in [0.29, 0.717) is 18.3 Å². The van der Waals surface area contributed by atoms with E-state index < -0.39 is 5.97 Å². The van der Waals surface area contributed by atoms with Gasteiger partial charge in [0.25, 0.3) is 0 Å². The molecule has 2 unspecified atom stereocenters. The minimum absolute atomic E-state index is 0.158. The Morgan fingerprint density at radius 3 is 2.48 bits per heavy atom. The molecule has 0 bridgehead atoms. The van der Waals surface area contributed by atoms with Gasteiger partial charge in [0.2, 0.25) is 0 Å². The fraction of sp³-hybridized carbons (Fsp3) is 0.346. The van der Waals surface area contributed by atoms with Crippen LogP contribution in [0.2, 0.25) is 5.02 Å². The fourth-order valence-electron chi connectivity index (χ4n) is 4.99. The Hall–Kier alpha value is -1.60. The summed E-state index contributed by atoms with van der Waals surface area (Å²) in [6, 6.07) is 19.0. The molecule has 4 atom stereocenters. The van der Waals surface area contributed by atoms with Crippen LogP contribution in [0.25, 0.3) is 10.8 Å². The van der Waals surface area contributed by atoms with Gasteiger partial charge in [0, 0.05) is 22.2 Å². The molecule has 0 heterocycles. The minimum Gasteiger partial charge on any atom is -0.481 e. The molecule has 31 heavy (non-hydrogen) atoms. The lowest BCUT2D eigenvalue weighted by atomic mass is 9.84. The van der Waals surface area contributed by atoms with Crippen LogP contribution in [0.4, 0.5) is 0 Å². The quantitative estimate of drug-likeness (QED) is 0.305. The molecule has 5 heteroatoms. The van der Waals surface area contributed by atoms with Crippen LogP contribution in [-0.4, -0.2) is 16.5 Å². The highest BCUT2D eigenvalue weighted by Crippen LogP contribution is 2.45. The SMILES string of the molecule is O=C(O)CCc1ccc([C@H]2CCC(Cl)[C@@H]2CCc2ccc(Cl)c3ccccc23)cc1P. The van der Waals surface area contributed by atoms with E-state index in [1.54, 1.807) is 0 Å². The van der Waals surface area contributed by atoms with Gasteiger partial charge in [-0.15, -0.1) is 20.8 Å². The Labute approximate surface area is 196 Å². The van der Waals surface area contributed by atoms with Gasteiger partial charge in [0.15, 0.2) is 0 Å². The van der Waals surface area contributed by atoms with Crippen LogP contribution in [0.5, 0.6) is 0 Å². The van der Waals surface area contributed by atoms with Gasteiger partial charge >= 0.3 is 5.97 Å². The molecule has 1 aliphatic rings. The first-order chi connectivity index (χ1) is 14.9. The van der Waals surface area contributed by atoms with Gasteiger partial charge in [-0.1, -0.05) is 60.1 Å². The minimum atomic E-state index is -0.760. The number of benzene rings is 3.